The van der Waals surface area contributed by atoms with Crippen LogP contribution in [0.3, 0.4) is 0 Å². The molecule has 1 N–H and O–H groups in total. The van der Waals surface area contributed by atoms with Crippen LogP contribution in [0.25, 0.3) is 0 Å². The van der Waals surface area contributed by atoms with Crippen molar-refractivity contribution in [1.82, 2.24) is 10.2 Å². The Kier molecular flexibility index (Phi) is 4.68. The predicted molar refractivity (Wildman–Crippen MR) is 62.4 cm³/mol. The fourth-order valence-electron chi connectivity index (χ4n) is 1.19. The van der Waals surface area contributed by atoms with Gasteiger partial charge in [-0.2, -0.15) is 0 Å². The van der Waals surface area contributed by atoms with Crippen LogP contribution >= 0.6 is 0 Å². The molecule has 1 fully saturated rings. The number of nitrogens with one attached hydrogen (secondary N) is 1. The second-order valence-electron chi connectivity index (χ2n) is 3.63. The highest BCUT2D eigenvalue weighted by Gasteiger charge is 2.17. The Morgan fingerprint density at radius 1 is 1.33 bits per heavy atom. The maximum absolute atomic E-state index is 11.6. The maximum atomic E-state index is 11.6. The first-order valence-electron chi connectivity index (χ1n) is 5.22. The molecule has 2 amide bonds. The van der Waals surface area contributed by atoms with E-state index in [-0.39, 0.29) is 6.03 Å². The van der Waals surface area contributed by atoms with Crippen molar-refractivity contribution in [3.05, 3.63) is 37.6 Å². The third kappa shape index (κ3) is 4.49. The summed E-state index contributed by atoms with van der Waals surface area (Å²) >= 11 is 0. The highest BCUT2D eigenvalue weighted by Crippen LogP contribution is 2.29. The van der Waals surface area contributed by atoms with Crippen molar-refractivity contribution in [2.24, 2.45) is 5.92 Å². The molecule has 0 aromatic heterocycles. The van der Waals surface area contributed by atoms with Crippen molar-refractivity contribution in [1.29, 1.82) is 0 Å². The minimum Gasteiger partial charge on any atom is -0.317 e. The van der Waals surface area contributed by atoms with Gasteiger partial charge in [-0.25, -0.2) is 4.79 Å². The monoisotopic (exact) mass is 206 g/mol. The fraction of sp³-hybridized carbons (Fsp3) is 0.417. The van der Waals surface area contributed by atoms with Gasteiger partial charge in [0.2, 0.25) is 0 Å². The zero-order chi connectivity index (χ0) is 11.1. The predicted octanol–water partition coefficient (Wildman–Crippen LogP) is 2.29. The Morgan fingerprint density at radius 3 is 2.40 bits per heavy atom. The lowest BCUT2D eigenvalue weighted by Crippen LogP contribution is -2.37. The number of hydrogen-bond acceptors (Lipinski definition) is 1. The summed E-state index contributed by atoms with van der Waals surface area (Å²) in [7, 11) is 0. The summed E-state index contributed by atoms with van der Waals surface area (Å²) in [6.45, 7) is 8.29. The Morgan fingerprint density at radius 2 is 1.93 bits per heavy atom. The summed E-state index contributed by atoms with van der Waals surface area (Å²) < 4.78 is 0. The smallest absolute Gasteiger partial charge is 0.317 e. The van der Waals surface area contributed by atoms with Gasteiger partial charge in [0, 0.05) is 19.3 Å². The Labute approximate surface area is 91.2 Å². The van der Waals surface area contributed by atoms with E-state index < -0.39 is 0 Å². The molecular formula is C12H18N2O. The highest BCUT2D eigenvalue weighted by molar-refractivity contribution is 5.75. The van der Waals surface area contributed by atoms with E-state index in [1.807, 2.05) is 6.08 Å². The lowest BCUT2D eigenvalue weighted by molar-refractivity contribution is 0.212. The summed E-state index contributed by atoms with van der Waals surface area (Å²) in [6.07, 6.45) is 9.67. The molecule has 0 atom stereocenters. The second kappa shape index (κ2) is 6.06. The zero-order valence-electron chi connectivity index (χ0n) is 8.98. The van der Waals surface area contributed by atoms with Crippen molar-refractivity contribution in [3.8, 4) is 0 Å². The van der Waals surface area contributed by atoms with Crippen molar-refractivity contribution in [2.75, 3.05) is 13.1 Å². The first-order valence-corrected chi connectivity index (χ1v) is 5.22. The normalized spacial score (nSPS) is 14.9. The summed E-state index contributed by atoms with van der Waals surface area (Å²) in [6, 6.07) is -0.105. The van der Waals surface area contributed by atoms with Gasteiger partial charge in [-0.05, 0) is 18.8 Å². The quantitative estimate of drug-likeness (QED) is 0.664. The standard InChI is InChI=1S/C12H18N2O/c1-3-9-14(10-4-2)12(15)13-8-7-11-5-6-11/h3-4,7-8,11H,1-2,5-6,9-10H2,(H,13,15)/b8-7+. The molecule has 0 bridgehead atoms. The van der Waals surface area contributed by atoms with E-state index in [4.69, 9.17) is 0 Å². The van der Waals surface area contributed by atoms with Crippen LogP contribution in [-0.4, -0.2) is 24.0 Å². The summed E-state index contributed by atoms with van der Waals surface area (Å²) in [5.74, 6) is 0.678. The second-order valence-corrected chi connectivity index (χ2v) is 3.63. The summed E-state index contributed by atoms with van der Waals surface area (Å²) in [4.78, 5) is 13.2. The lowest BCUT2D eigenvalue weighted by atomic mass is 10.4. The molecule has 0 aromatic rings. The fourth-order valence-corrected chi connectivity index (χ4v) is 1.19. The largest absolute Gasteiger partial charge is 0.321 e. The van der Waals surface area contributed by atoms with Gasteiger partial charge in [0.15, 0.2) is 0 Å². The third-order valence-corrected chi connectivity index (χ3v) is 2.18. The summed E-state index contributed by atoms with van der Waals surface area (Å²) in [5.41, 5.74) is 0. The van der Waals surface area contributed by atoms with Gasteiger partial charge in [-0.1, -0.05) is 18.2 Å². The van der Waals surface area contributed by atoms with Crippen molar-refractivity contribution in [3.63, 3.8) is 0 Å². The van der Waals surface area contributed by atoms with Crippen LogP contribution in [0.4, 0.5) is 4.79 Å². The minimum absolute atomic E-state index is 0.105. The van der Waals surface area contributed by atoms with Crippen LogP contribution in [0.2, 0.25) is 0 Å². The average Bonchev–Trinajstić information content (AvgIpc) is 3.01. The van der Waals surface area contributed by atoms with Crippen molar-refractivity contribution in [2.45, 2.75) is 12.8 Å². The van der Waals surface area contributed by atoms with Gasteiger partial charge in [0.25, 0.3) is 0 Å². The number of carbonyl (C=O) groups is 1. The molecule has 82 valence electrons. The number of rotatable bonds is 6. The molecule has 15 heavy (non-hydrogen) atoms. The van der Waals surface area contributed by atoms with E-state index in [0.29, 0.717) is 19.0 Å². The molecule has 1 rings (SSSR count). The van der Waals surface area contributed by atoms with Gasteiger partial charge < -0.3 is 10.2 Å². The molecule has 0 radical (unpaired) electrons. The van der Waals surface area contributed by atoms with E-state index in [0.717, 1.165) is 0 Å². The molecule has 3 nitrogen and oxygen atoms in total. The van der Waals surface area contributed by atoms with Gasteiger partial charge in [0.05, 0.1) is 0 Å². The van der Waals surface area contributed by atoms with Crippen LogP contribution in [-0.2, 0) is 0 Å². The molecule has 3 heteroatoms. The SMILES string of the molecule is C=CCN(CC=C)C(=O)N/C=C/C1CC1. The van der Waals surface area contributed by atoms with Gasteiger partial charge in [-0.15, -0.1) is 13.2 Å². The molecule has 1 aliphatic carbocycles. The maximum Gasteiger partial charge on any atom is 0.321 e. The zero-order valence-corrected chi connectivity index (χ0v) is 8.98. The van der Waals surface area contributed by atoms with E-state index in [2.05, 4.69) is 18.5 Å². The van der Waals surface area contributed by atoms with Crippen LogP contribution in [0, 0.1) is 5.92 Å². The summed E-state index contributed by atoms with van der Waals surface area (Å²) in [5, 5.41) is 2.73. The first kappa shape index (κ1) is 11.6. The number of carbonyl (C=O) groups excluding carboxylic acids is 1. The topological polar surface area (TPSA) is 32.3 Å². The van der Waals surface area contributed by atoms with Crippen molar-refractivity contribution < 1.29 is 4.79 Å². The number of hydrogen-bond donors (Lipinski definition) is 1. The van der Waals surface area contributed by atoms with Crippen LogP contribution < -0.4 is 5.32 Å². The third-order valence-electron chi connectivity index (χ3n) is 2.18. The Balaban J connectivity index is 2.32. The van der Waals surface area contributed by atoms with Crippen LogP contribution in [0.1, 0.15) is 12.8 Å². The van der Waals surface area contributed by atoms with Crippen LogP contribution in [0.5, 0.6) is 0 Å². The van der Waals surface area contributed by atoms with E-state index in [1.165, 1.54) is 12.8 Å². The number of allylic oxidation sites excluding steroid dienone is 1. The highest BCUT2D eigenvalue weighted by atomic mass is 16.2. The molecule has 0 unspecified atom stereocenters. The number of amides is 2. The lowest BCUT2D eigenvalue weighted by Gasteiger charge is -2.18. The first-order chi connectivity index (χ1) is 7.27. The minimum atomic E-state index is -0.105. The van der Waals surface area contributed by atoms with Crippen molar-refractivity contribution >= 4 is 6.03 Å². The molecule has 1 aliphatic rings. The Bertz CT molecular complexity index is 257. The van der Waals surface area contributed by atoms with Gasteiger partial charge in [-0.3, -0.25) is 0 Å². The Hall–Kier alpha value is -1.51. The average molecular weight is 206 g/mol. The molecule has 1 saturated carbocycles. The van der Waals surface area contributed by atoms with Gasteiger partial charge >= 0.3 is 6.03 Å². The molecule has 0 aromatic carbocycles. The number of nitrogens with zero attached hydrogens (tertiary/aromatic N) is 1. The molecule has 0 saturated heterocycles. The van der Waals surface area contributed by atoms with Crippen LogP contribution in [0.15, 0.2) is 37.6 Å². The number of urea groups is 1. The van der Waals surface area contributed by atoms with E-state index in [1.54, 1.807) is 23.3 Å². The van der Waals surface area contributed by atoms with Gasteiger partial charge in [0.1, 0.15) is 0 Å². The van der Waals surface area contributed by atoms with E-state index in [9.17, 15) is 4.79 Å². The molecular weight excluding hydrogens is 188 g/mol. The molecule has 0 heterocycles. The molecule has 0 aliphatic heterocycles. The molecule has 0 spiro atoms. The van der Waals surface area contributed by atoms with E-state index >= 15 is 0 Å².